The summed E-state index contributed by atoms with van der Waals surface area (Å²) in [5.41, 5.74) is 0.861. The number of hydrogen-bond donors (Lipinski definition) is 2. The predicted molar refractivity (Wildman–Crippen MR) is 87.2 cm³/mol. The molecule has 0 aromatic heterocycles. The molecule has 1 aromatic carbocycles. The number of benzene rings is 1. The zero-order valence-electron chi connectivity index (χ0n) is 12.9. The first-order chi connectivity index (χ1) is 10.5. The second-order valence-electron chi connectivity index (χ2n) is 5.53. The van der Waals surface area contributed by atoms with Crippen LogP contribution < -0.4 is 5.32 Å². The summed E-state index contributed by atoms with van der Waals surface area (Å²) in [6, 6.07) is 8.90. The van der Waals surface area contributed by atoms with Crippen molar-refractivity contribution in [3.05, 3.63) is 35.9 Å². The summed E-state index contributed by atoms with van der Waals surface area (Å²) in [6.45, 7) is 2.11. The smallest absolute Gasteiger partial charge is 0.308 e. The molecule has 6 nitrogen and oxygen atoms in total. The molecule has 0 bridgehead atoms. The Bertz CT molecular complexity index is 564. The number of aliphatic carboxylic acids is 1. The Morgan fingerprint density at radius 2 is 1.96 bits per heavy atom. The van der Waals surface area contributed by atoms with E-state index in [1.165, 1.54) is 6.92 Å². The lowest BCUT2D eigenvalue weighted by Crippen LogP contribution is -2.35. The minimum atomic E-state index is -0.864. The highest BCUT2D eigenvalue weighted by Crippen LogP contribution is 2.22. The standard InChI is InChI=1S/C16H20N2O4.ClH/c1-11(19)17-14(12-5-3-2-4-6-12)9-15(20)18-8-7-13(10-18)16(21)22;/h2-6,13-14H,7-10H2,1H3,(H,17,19)(H,21,22);1H. The fourth-order valence-corrected chi connectivity index (χ4v) is 2.68. The van der Waals surface area contributed by atoms with Crippen molar-refractivity contribution < 1.29 is 19.5 Å². The normalized spacial score (nSPS) is 18.0. The number of nitrogens with zero attached hydrogens (tertiary/aromatic N) is 1. The minimum absolute atomic E-state index is 0. The van der Waals surface area contributed by atoms with Gasteiger partial charge in [0.25, 0.3) is 0 Å². The molecule has 0 spiro atoms. The zero-order valence-corrected chi connectivity index (χ0v) is 13.7. The van der Waals surface area contributed by atoms with E-state index in [0.717, 1.165) is 5.56 Å². The van der Waals surface area contributed by atoms with E-state index in [0.29, 0.717) is 13.0 Å². The Morgan fingerprint density at radius 1 is 1.30 bits per heavy atom. The van der Waals surface area contributed by atoms with Crippen molar-refractivity contribution in [3.8, 4) is 0 Å². The van der Waals surface area contributed by atoms with Crippen LogP contribution in [0.2, 0.25) is 0 Å². The second kappa shape index (κ2) is 8.53. The summed E-state index contributed by atoms with van der Waals surface area (Å²) in [7, 11) is 0. The highest BCUT2D eigenvalue weighted by Gasteiger charge is 2.31. The van der Waals surface area contributed by atoms with Gasteiger partial charge in [0.05, 0.1) is 18.4 Å². The van der Waals surface area contributed by atoms with Crippen molar-refractivity contribution in [1.29, 1.82) is 0 Å². The van der Waals surface area contributed by atoms with Crippen molar-refractivity contribution in [2.24, 2.45) is 5.92 Å². The van der Waals surface area contributed by atoms with Gasteiger partial charge < -0.3 is 15.3 Å². The van der Waals surface area contributed by atoms with Crippen LogP contribution in [0, 0.1) is 5.92 Å². The van der Waals surface area contributed by atoms with E-state index in [-0.39, 0.29) is 37.2 Å². The molecule has 2 unspecified atom stereocenters. The maximum Gasteiger partial charge on any atom is 0.308 e. The van der Waals surface area contributed by atoms with E-state index in [4.69, 9.17) is 5.11 Å². The molecule has 2 rings (SSSR count). The molecule has 1 heterocycles. The van der Waals surface area contributed by atoms with Crippen LogP contribution in [-0.4, -0.2) is 40.9 Å². The molecule has 1 aliphatic heterocycles. The maximum absolute atomic E-state index is 12.4. The number of carboxylic acids is 1. The number of carbonyl (C=O) groups excluding carboxylic acids is 2. The van der Waals surface area contributed by atoms with Gasteiger partial charge in [0.15, 0.2) is 0 Å². The number of amides is 2. The van der Waals surface area contributed by atoms with Crippen molar-refractivity contribution >= 4 is 30.2 Å². The van der Waals surface area contributed by atoms with Crippen LogP contribution in [0.25, 0.3) is 0 Å². The topological polar surface area (TPSA) is 86.7 Å². The Hall–Kier alpha value is -2.08. The lowest BCUT2D eigenvalue weighted by Gasteiger charge is -2.22. The Kier molecular flexibility index (Phi) is 7.03. The van der Waals surface area contributed by atoms with Crippen LogP contribution in [0.4, 0.5) is 0 Å². The SMILES string of the molecule is CC(=O)NC(CC(=O)N1CCC(C(=O)O)C1)c1ccccc1.Cl. The van der Waals surface area contributed by atoms with Gasteiger partial charge in [0.2, 0.25) is 11.8 Å². The summed E-state index contributed by atoms with van der Waals surface area (Å²) in [5, 5.41) is 11.8. The summed E-state index contributed by atoms with van der Waals surface area (Å²) in [6.07, 6.45) is 0.618. The first-order valence-electron chi connectivity index (χ1n) is 7.30. The third-order valence-electron chi connectivity index (χ3n) is 3.85. The molecule has 0 radical (unpaired) electrons. The molecular weight excluding hydrogens is 320 g/mol. The van der Waals surface area contributed by atoms with Gasteiger partial charge in [-0.2, -0.15) is 0 Å². The molecule has 0 saturated carbocycles. The second-order valence-corrected chi connectivity index (χ2v) is 5.53. The zero-order chi connectivity index (χ0) is 16.1. The first kappa shape index (κ1) is 19.0. The number of carboxylic acid groups (broad SMARTS) is 1. The van der Waals surface area contributed by atoms with Gasteiger partial charge in [-0.15, -0.1) is 12.4 Å². The number of carbonyl (C=O) groups is 3. The van der Waals surface area contributed by atoms with Crippen LogP contribution in [0.1, 0.15) is 31.4 Å². The summed E-state index contributed by atoms with van der Waals surface area (Å²) in [5.74, 6) is -1.69. The van der Waals surface area contributed by atoms with Crippen LogP contribution in [0.5, 0.6) is 0 Å². The molecule has 1 saturated heterocycles. The molecule has 1 aromatic rings. The molecule has 23 heavy (non-hydrogen) atoms. The maximum atomic E-state index is 12.4. The van der Waals surface area contributed by atoms with Gasteiger partial charge in [-0.05, 0) is 12.0 Å². The summed E-state index contributed by atoms with van der Waals surface area (Å²) < 4.78 is 0. The Morgan fingerprint density at radius 3 is 2.48 bits per heavy atom. The van der Waals surface area contributed by atoms with E-state index in [1.807, 2.05) is 30.3 Å². The van der Waals surface area contributed by atoms with E-state index in [9.17, 15) is 14.4 Å². The number of likely N-dealkylation sites (tertiary alicyclic amines) is 1. The molecule has 1 aliphatic rings. The number of nitrogens with one attached hydrogen (secondary N) is 1. The highest BCUT2D eigenvalue weighted by molar-refractivity contribution is 5.85. The van der Waals surface area contributed by atoms with Crippen molar-refractivity contribution in [3.63, 3.8) is 0 Å². The summed E-state index contributed by atoms with van der Waals surface area (Å²) in [4.78, 5) is 36.2. The first-order valence-corrected chi connectivity index (χ1v) is 7.30. The Labute approximate surface area is 141 Å². The van der Waals surface area contributed by atoms with E-state index in [2.05, 4.69) is 5.32 Å². The van der Waals surface area contributed by atoms with E-state index < -0.39 is 17.9 Å². The van der Waals surface area contributed by atoms with Gasteiger partial charge in [-0.25, -0.2) is 0 Å². The number of rotatable bonds is 5. The van der Waals surface area contributed by atoms with Gasteiger partial charge in [-0.3, -0.25) is 14.4 Å². The predicted octanol–water partition coefficient (Wildman–Crippen LogP) is 1.61. The van der Waals surface area contributed by atoms with Crippen LogP contribution in [0.3, 0.4) is 0 Å². The molecule has 2 N–H and O–H groups in total. The number of hydrogen-bond acceptors (Lipinski definition) is 3. The minimum Gasteiger partial charge on any atom is -0.481 e. The highest BCUT2D eigenvalue weighted by atomic mass is 35.5. The van der Waals surface area contributed by atoms with Gasteiger partial charge >= 0.3 is 5.97 Å². The van der Waals surface area contributed by atoms with Gasteiger partial charge in [0, 0.05) is 20.0 Å². The molecular formula is C16H21ClN2O4. The molecule has 2 amide bonds. The molecule has 2 atom stereocenters. The molecule has 0 aliphatic carbocycles. The quantitative estimate of drug-likeness (QED) is 0.852. The van der Waals surface area contributed by atoms with Gasteiger partial charge in [0.1, 0.15) is 0 Å². The fourth-order valence-electron chi connectivity index (χ4n) is 2.68. The number of halogens is 1. The molecule has 7 heteroatoms. The third-order valence-corrected chi connectivity index (χ3v) is 3.85. The fraction of sp³-hybridized carbons (Fsp3) is 0.438. The average molecular weight is 341 g/mol. The molecule has 126 valence electrons. The lowest BCUT2D eigenvalue weighted by atomic mass is 10.0. The third kappa shape index (κ3) is 5.25. The van der Waals surface area contributed by atoms with Crippen molar-refractivity contribution in [2.45, 2.75) is 25.8 Å². The average Bonchev–Trinajstić information content (AvgIpc) is 2.97. The van der Waals surface area contributed by atoms with Crippen LogP contribution in [0.15, 0.2) is 30.3 Å². The van der Waals surface area contributed by atoms with Gasteiger partial charge in [-0.1, -0.05) is 30.3 Å². The largest absolute Gasteiger partial charge is 0.481 e. The van der Waals surface area contributed by atoms with Crippen LogP contribution in [-0.2, 0) is 14.4 Å². The Balaban J connectivity index is 0.00000264. The van der Waals surface area contributed by atoms with Crippen molar-refractivity contribution in [2.75, 3.05) is 13.1 Å². The van der Waals surface area contributed by atoms with E-state index >= 15 is 0 Å². The van der Waals surface area contributed by atoms with Crippen LogP contribution >= 0.6 is 12.4 Å². The van der Waals surface area contributed by atoms with E-state index in [1.54, 1.807) is 4.90 Å². The van der Waals surface area contributed by atoms with Crippen molar-refractivity contribution in [1.82, 2.24) is 10.2 Å². The monoisotopic (exact) mass is 340 g/mol. The lowest BCUT2D eigenvalue weighted by molar-refractivity contribution is -0.141. The summed E-state index contributed by atoms with van der Waals surface area (Å²) >= 11 is 0. The molecule has 1 fully saturated rings.